The number of aliphatic imine (C=N–C) groups is 1. The van der Waals surface area contributed by atoms with Crippen molar-refractivity contribution in [2.45, 2.75) is 296 Å². The molecule has 6 nitrogen and oxygen atoms in total. The Balaban J connectivity index is 2.38. The Morgan fingerprint density at radius 2 is 0.703 bits per heavy atom. The van der Waals surface area contributed by atoms with Gasteiger partial charge in [0.15, 0.2) is 11.4 Å². The van der Waals surface area contributed by atoms with Gasteiger partial charge in [-0.25, -0.2) is 4.99 Å². The van der Waals surface area contributed by atoms with Crippen LogP contribution in [0.15, 0.2) is 41.4 Å². The quantitative estimate of drug-likeness (QED) is 0.0345. The second-order valence-corrected chi connectivity index (χ2v) is 19.3. The van der Waals surface area contributed by atoms with Crippen LogP contribution in [0.4, 0.5) is 0 Å². The van der Waals surface area contributed by atoms with Crippen LogP contribution in [-0.4, -0.2) is 43.2 Å². The van der Waals surface area contributed by atoms with E-state index in [1.165, 1.54) is 186 Å². The van der Waals surface area contributed by atoms with Crippen molar-refractivity contribution in [3.63, 3.8) is 0 Å². The monoisotopic (exact) mass is 896 g/mol. The van der Waals surface area contributed by atoms with Crippen molar-refractivity contribution in [3.05, 3.63) is 36.5 Å². The maximum absolute atomic E-state index is 12.9. The van der Waals surface area contributed by atoms with Crippen molar-refractivity contribution in [1.29, 1.82) is 0 Å². The van der Waals surface area contributed by atoms with Crippen LogP contribution in [0.1, 0.15) is 290 Å². The van der Waals surface area contributed by atoms with E-state index < -0.39 is 5.54 Å². The molecule has 0 saturated carbocycles. The highest BCUT2D eigenvalue weighted by Crippen LogP contribution is 2.24. The van der Waals surface area contributed by atoms with E-state index in [-0.39, 0.29) is 31.8 Å². The summed E-state index contributed by atoms with van der Waals surface area (Å²) in [5, 5.41) is 0. The molecule has 0 saturated heterocycles. The molecule has 64 heavy (non-hydrogen) atoms. The van der Waals surface area contributed by atoms with E-state index in [1.54, 1.807) is 0 Å². The summed E-state index contributed by atoms with van der Waals surface area (Å²) in [6.45, 7) is 7.29. The molecule has 0 aliphatic carbocycles. The van der Waals surface area contributed by atoms with E-state index in [0.29, 0.717) is 18.7 Å². The number of nitrogens with zero attached hydrogens (tertiary/aromatic N) is 1. The van der Waals surface area contributed by atoms with E-state index >= 15 is 0 Å². The van der Waals surface area contributed by atoms with E-state index in [4.69, 9.17) is 19.2 Å². The maximum Gasteiger partial charge on any atom is 0.305 e. The van der Waals surface area contributed by atoms with Crippen molar-refractivity contribution in [3.8, 4) is 0 Å². The second kappa shape index (κ2) is 47.1. The molecule has 0 bridgehead atoms. The first-order chi connectivity index (χ1) is 31.5. The molecule has 6 heteroatoms. The minimum absolute atomic E-state index is 0.0907. The third-order valence-corrected chi connectivity index (χ3v) is 12.8. The molecule has 0 unspecified atom stereocenters. The lowest BCUT2D eigenvalue weighted by atomic mass is 10.0. The Morgan fingerprint density at radius 3 is 1.03 bits per heavy atom. The summed E-state index contributed by atoms with van der Waals surface area (Å²) in [5.74, 6) is 0.314. The molecule has 0 aromatic carbocycles. The molecule has 1 aliphatic rings. The van der Waals surface area contributed by atoms with Crippen LogP contribution in [0.25, 0.3) is 0 Å². The summed E-state index contributed by atoms with van der Waals surface area (Å²) in [4.78, 5) is 30.7. The van der Waals surface area contributed by atoms with E-state index in [2.05, 4.69) is 57.2 Å². The number of unbranched alkanes of at least 4 members (excludes halogenated alkanes) is 33. The third-order valence-electron chi connectivity index (χ3n) is 12.8. The lowest BCUT2D eigenvalue weighted by Crippen LogP contribution is -2.41. The smallest absolute Gasteiger partial charge is 0.305 e. The number of rotatable bonds is 49. The summed E-state index contributed by atoms with van der Waals surface area (Å²) in [6, 6.07) is 0. The van der Waals surface area contributed by atoms with Gasteiger partial charge < -0.3 is 14.2 Å². The van der Waals surface area contributed by atoms with Crippen LogP contribution in [0.5, 0.6) is 0 Å². The minimum atomic E-state index is -0.854. The van der Waals surface area contributed by atoms with Crippen LogP contribution in [0, 0.1) is 0 Å². The molecule has 0 atom stereocenters. The van der Waals surface area contributed by atoms with Gasteiger partial charge in [-0.05, 0) is 96.3 Å². The molecule has 372 valence electrons. The highest BCUT2D eigenvalue weighted by Gasteiger charge is 2.39. The molecule has 0 fully saturated rings. The van der Waals surface area contributed by atoms with Gasteiger partial charge in [0.25, 0.3) is 0 Å². The lowest BCUT2D eigenvalue weighted by Gasteiger charge is -2.23. The fourth-order valence-electron chi connectivity index (χ4n) is 8.47. The van der Waals surface area contributed by atoms with E-state index in [0.717, 1.165) is 70.6 Å². The maximum atomic E-state index is 12.9. The Hall–Kier alpha value is -2.37. The van der Waals surface area contributed by atoms with Gasteiger partial charge >= 0.3 is 11.9 Å². The zero-order valence-electron chi connectivity index (χ0n) is 42.8. The van der Waals surface area contributed by atoms with Gasteiger partial charge in [-0.1, -0.05) is 211 Å². The number of ether oxygens (including phenoxy) is 3. The zero-order chi connectivity index (χ0) is 46.1. The van der Waals surface area contributed by atoms with E-state index in [9.17, 15) is 9.59 Å². The normalized spacial score (nSPS) is 13.7. The molecule has 1 heterocycles. The van der Waals surface area contributed by atoms with Crippen molar-refractivity contribution < 1.29 is 23.8 Å². The highest BCUT2D eigenvalue weighted by molar-refractivity contribution is 5.78. The number of hydrogen-bond donors (Lipinski definition) is 0. The number of carbonyl (C=O) groups excluding carboxylic acids is 2. The summed E-state index contributed by atoms with van der Waals surface area (Å²) < 4.78 is 17.7. The minimum Gasteiger partial charge on any atom is -0.478 e. The van der Waals surface area contributed by atoms with Gasteiger partial charge in [0, 0.05) is 19.3 Å². The Bertz CT molecular complexity index is 1100. The average molecular weight is 896 g/mol. The largest absolute Gasteiger partial charge is 0.478 e. The Kier molecular flexibility index (Phi) is 43.9. The first kappa shape index (κ1) is 59.6. The Labute approximate surface area is 397 Å². The van der Waals surface area contributed by atoms with Gasteiger partial charge in [0.2, 0.25) is 0 Å². The number of esters is 2. The fraction of sp³-hybridized carbons (Fsp3) is 0.845. The van der Waals surface area contributed by atoms with Crippen LogP contribution in [0.2, 0.25) is 0 Å². The summed E-state index contributed by atoms with van der Waals surface area (Å²) in [7, 11) is 0. The van der Waals surface area contributed by atoms with Crippen molar-refractivity contribution in [1.82, 2.24) is 0 Å². The molecular formula is C58H105NO5. The molecule has 0 aromatic rings. The summed E-state index contributed by atoms with van der Waals surface area (Å²) >= 11 is 0. The number of hydrogen-bond acceptors (Lipinski definition) is 6. The topological polar surface area (TPSA) is 74.2 Å². The zero-order valence-corrected chi connectivity index (χ0v) is 42.8. The van der Waals surface area contributed by atoms with Crippen LogP contribution in [0.3, 0.4) is 0 Å². The number of allylic oxidation sites excluding steroid dienone is 6. The molecule has 0 N–H and O–H groups in total. The molecule has 0 amide bonds. The fourth-order valence-corrected chi connectivity index (χ4v) is 8.47. The van der Waals surface area contributed by atoms with Crippen LogP contribution >= 0.6 is 0 Å². The molecular weight excluding hydrogens is 791 g/mol. The first-order valence-corrected chi connectivity index (χ1v) is 28.0. The van der Waals surface area contributed by atoms with Crippen LogP contribution < -0.4 is 0 Å². The first-order valence-electron chi connectivity index (χ1n) is 28.0. The second-order valence-electron chi connectivity index (χ2n) is 19.3. The van der Waals surface area contributed by atoms with Crippen molar-refractivity contribution in [2.75, 3.05) is 19.8 Å². The lowest BCUT2D eigenvalue weighted by molar-refractivity contribution is -0.150. The van der Waals surface area contributed by atoms with Crippen molar-refractivity contribution in [2.24, 2.45) is 4.99 Å². The Morgan fingerprint density at radius 1 is 0.422 bits per heavy atom. The van der Waals surface area contributed by atoms with Gasteiger partial charge in [-0.2, -0.15) is 0 Å². The standard InChI is InChI=1S/C58H105NO5/c1-4-7-10-13-16-19-22-25-28-31-34-37-40-43-46-49-55-59-58(52-62-55,53-63-56(60)50-47-44-41-38-35-32-29-26-23-20-17-14-11-8-5-2)54-64-57(61)51-48-45-42-39-36-33-30-27-24-21-18-15-12-9-6-3/h25-30H,4-24,31-54H2,1-3H3/b28-25-,29-26-,30-27-. The van der Waals surface area contributed by atoms with E-state index in [1.807, 2.05) is 0 Å². The van der Waals surface area contributed by atoms with Crippen molar-refractivity contribution >= 4 is 17.8 Å². The molecule has 1 rings (SSSR count). The molecule has 1 aliphatic heterocycles. The van der Waals surface area contributed by atoms with Gasteiger partial charge in [-0.15, -0.1) is 0 Å². The molecule has 0 spiro atoms. The van der Waals surface area contributed by atoms with Gasteiger partial charge in [0.1, 0.15) is 19.8 Å². The average Bonchev–Trinajstić information content (AvgIpc) is 3.71. The van der Waals surface area contributed by atoms with Gasteiger partial charge in [-0.3, -0.25) is 9.59 Å². The van der Waals surface area contributed by atoms with Gasteiger partial charge in [0.05, 0.1) is 0 Å². The number of carbonyl (C=O) groups is 2. The predicted octanol–water partition coefficient (Wildman–Crippen LogP) is 18.4. The predicted molar refractivity (Wildman–Crippen MR) is 276 cm³/mol. The molecule has 0 aromatic heterocycles. The van der Waals surface area contributed by atoms with Crippen LogP contribution in [-0.2, 0) is 23.8 Å². The third kappa shape index (κ3) is 39.9. The molecule has 0 radical (unpaired) electrons. The SMILES string of the molecule is CCCCCCCC/C=C\CCCCCCCC(=O)OCC1(COC(=O)CCCCCCC/C=C\CCCCCCCC)COC(CCCCCCC/C=C\CCCCCCCC)=N1. The highest BCUT2D eigenvalue weighted by atomic mass is 16.6. The summed E-state index contributed by atoms with van der Waals surface area (Å²) in [6.07, 6.45) is 64.1. The summed E-state index contributed by atoms with van der Waals surface area (Å²) in [5.41, 5.74) is -0.854.